The van der Waals surface area contributed by atoms with Crippen molar-refractivity contribution in [3.8, 4) is 5.75 Å². The van der Waals surface area contributed by atoms with Crippen LogP contribution in [0.1, 0.15) is 22.8 Å². The van der Waals surface area contributed by atoms with Gasteiger partial charge in [-0.05, 0) is 54.4 Å². The molecule has 0 amide bonds. The summed E-state index contributed by atoms with van der Waals surface area (Å²) in [7, 11) is 0. The first-order chi connectivity index (χ1) is 9.10. The van der Waals surface area contributed by atoms with Crippen molar-refractivity contribution in [1.82, 2.24) is 0 Å². The smallest absolute Gasteiger partial charge is 0.335 e. The molecule has 19 heavy (non-hydrogen) atoms. The van der Waals surface area contributed by atoms with Crippen LogP contribution in [0.2, 0.25) is 0 Å². The van der Waals surface area contributed by atoms with E-state index in [2.05, 4.69) is 0 Å². The quantitative estimate of drug-likeness (QED) is 0.890. The van der Waals surface area contributed by atoms with Gasteiger partial charge in [-0.15, -0.1) is 0 Å². The van der Waals surface area contributed by atoms with Gasteiger partial charge < -0.3 is 10.2 Å². The Bertz CT molecular complexity index is 591. The van der Waals surface area contributed by atoms with Crippen LogP contribution in [0.3, 0.4) is 0 Å². The third kappa shape index (κ3) is 3.29. The first kappa shape index (κ1) is 13.5. The fourth-order valence-corrected chi connectivity index (χ4v) is 2.59. The molecule has 0 atom stereocenters. The summed E-state index contributed by atoms with van der Waals surface area (Å²) in [5.41, 5.74) is 1.19. The van der Waals surface area contributed by atoms with E-state index in [-0.39, 0.29) is 5.56 Å². The molecule has 0 aromatic heterocycles. The van der Waals surface area contributed by atoms with E-state index in [0.29, 0.717) is 5.75 Å². The molecule has 0 saturated carbocycles. The van der Waals surface area contributed by atoms with Crippen LogP contribution in [0.5, 0.6) is 5.75 Å². The number of rotatable bonds is 4. The second kappa shape index (κ2) is 5.80. The highest BCUT2D eigenvalue weighted by molar-refractivity contribution is 7.99. The fraction of sp³-hybridized carbons (Fsp3) is 0.133. The van der Waals surface area contributed by atoms with E-state index in [1.165, 1.54) is 0 Å². The van der Waals surface area contributed by atoms with Crippen molar-refractivity contribution in [2.24, 2.45) is 0 Å². The maximum Gasteiger partial charge on any atom is 0.335 e. The Morgan fingerprint density at radius 1 is 1.11 bits per heavy atom. The van der Waals surface area contributed by atoms with Gasteiger partial charge in [0.05, 0.1) is 5.56 Å². The Morgan fingerprint density at radius 3 is 2.32 bits per heavy atom. The maximum absolute atomic E-state index is 10.8. The molecule has 0 bridgehead atoms. The highest BCUT2D eigenvalue weighted by Gasteiger charge is 2.05. The Kier molecular flexibility index (Phi) is 4.12. The minimum Gasteiger partial charge on any atom is -0.508 e. The van der Waals surface area contributed by atoms with Crippen molar-refractivity contribution < 1.29 is 15.0 Å². The zero-order chi connectivity index (χ0) is 13.8. The number of phenols is 1. The summed E-state index contributed by atoms with van der Waals surface area (Å²) < 4.78 is 0. The van der Waals surface area contributed by atoms with Gasteiger partial charge in [-0.2, -0.15) is 0 Å². The predicted molar refractivity (Wildman–Crippen MR) is 75.0 cm³/mol. The summed E-state index contributed by atoms with van der Waals surface area (Å²) in [4.78, 5) is 12.8. The molecule has 0 aliphatic heterocycles. The van der Waals surface area contributed by atoms with Gasteiger partial charge in [0.1, 0.15) is 5.75 Å². The van der Waals surface area contributed by atoms with Crippen molar-refractivity contribution in [3.63, 3.8) is 0 Å². The fourth-order valence-electron chi connectivity index (χ4n) is 1.71. The van der Waals surface area contributed by atoms with Gasteiger partial charge >= 0.3 is 5.97 Å². The molecule has 0 spiro atoms. The molecule has 4 heteroatoms. The van der Waals surface area contributed by atoms with Gasteiger partial charge in [0, 0.05) is 9.79 Å². The number of aryl methyl sites for hydroxylation is 1. The third-order valence-electron chi connectivity index (χ3n) is 2.77. The lowest BCUT2D eigenvalue weighted by Crippen LogP contribution is -1.94. The molecule has 98 valence electrons. The molecule has 0 unspecified atom stereocenters. The lowest BCUT2D eigenvalue weighted by Gasteiger charge is -2.06. The van der Waals surface area contributed by atoms with Gasteiger partial charge in [0.15, 0.2) is 0 Å². The van der Waals surface area contributed by atoms with Crippen LogP contribution in [-0.2, 0) is 6.42 Å². The van der Waals surface area contributed by atoms with Gasteiger partial charge in [0.25, 0.3) is 0 Å². The topological polar surface area (TPSA) is 57.5 Å². The van der Waals surface area contributed by atoms with Crippen LogP contribution in [-0.4, -0.2) is 16.2 Å². The van der Waals surface area contributed by atoms with E-state index in [1.54, 1.807) is 42.1 Å². The summed E-state index contributed by atoms with van der Waals surface area (Å²) in [5, 5.41) is 18.5. The summed E-state index contributed by atoms with van der Waals surface area (Å²) in [6.07, 6.45) is 0.776. The molecule has 2 rings (SSSR count). The molecule has 2 aromatic carbocycles. The van der Waals surface area contributed by atoms with Crippen molar-refractivity contribution >= 4 is 17.7 Å². The molecule has 0 aliphatic rings. The van der Waals surface area contributed by atoms with E-state index in [0.717, 1.165) is 21.8 Å². The van der Waals surface area contributed by atoms with Crippen LogP contribution < -0.4 is 0 Å². The molecule has 2 aromatic rings. The molecule has 0 aliphatic carbocycles. The van der Waals surface area contributed by atoms with Crippen LogP contribution in [0.25, 0.3) is 0 Å². The molecule has 3 nitrogen and oxygen atoms in total. The Morgan fingerprint density at radius 2 is 1.74 bits per heavy atom. The summed E-state index contributed by atoms with van der Waals surface area (Å²) in [6, 6.07) is 12.2. The van der Waals surface area contributed by atoms with E-state index >= 15 is 0 Å². The average Bonchev–Trinajstić information content (AvgIpc) is 2.41. The molecule has 0 heterocycles. The molecule has 0 saturated heterocycles. The summed E-state index contributed by atoms with van der Waals surface area (Å²) >= 11 is 1.54. The number of carboxylic acids is 1. The lowest BCUT2D eigenvalue weighted by atomic mass is 10.1. The molecular weight excluding hydrogens is 260 g/mol. The van der Waals surface area contributed by atoms with E-state index in [1.807, 2.05) is 19.1 Å². The number of hydrogen-bond donors (Lipinski definition) is 2. The number of benzene rings is 2. The lowest BCUT2D eigenvalue weighted by molar-refractivity contribution is 0.0697. The minimum atomic E-state index is -0.922. The standard InChI is InChI=1S/C15H14O3S/c1-2-10-9-13(7-8-14(10)16)19-12-5-3-11(4-6-12)15(17)18/h3-9,16H,2H2,1H3,(H,17,18). The highest BCUT2D eigenvalue weighted by Crippen LogP contribution is 2.31. The zero-order valence-electron chi connectivity index (χ0n) is 10.5. The van der Waals surface area contributed by atoms with Crippen molar-refractivity contribution in [2.45, 2.75) is 23.1 Å². The van der Waals surface area contributed by atoms with Crippen LogP contribution in [0.15, 0.2) is 52.3 Å². The number of aromatic hydroxyl groups is 1. The molecular formula is C15H14O3S. The van der Waals surface area contributed by atoms with Gasteiger partial charge in [0.2, 0.25) is 0 Å². The first-order valence-electron chi connectivity index (χ1n) is 5.93. The van der Waals surface area contributed by atoms with Crippen LogP contribution >= 0.6 is 11.8 Å². The molecule has 0 fully saturated rings. The number of carbonyl (C=O) groups is 1. The van der Waals surface area contributed by atoms with E-state index < -0.39 is 5.97 Å². The SMILES string of the molecule is CCc1cc(Sc2ccc(C(=O)O)cc2)ccc1O. The largest absolute Gasteiger partial charge is 0.508 e. The molecule has 2 N–H and O–H groups in total. The monoisotopic (exact) mass is 274 g/mol. The van der Waals surface area contributed by atoms with Crippen LogP contribution in [0.4, 0.5) is 0 Å². The van der Waals surface area contributed by atoms with E-state index in [9.17, 15) is 9.90 Å². The summed E-state index contributed by atoms with van der Waals surface area (Å²) in [6.45, 7) is 1.99. The number of carboxylic acid groups (broad SMARTS) is 1. The zero-order valence-corrected chi connectivity index (χ0v) is 11.3. The number of hydrogen-bond acceptors (Lipinski definition) is 3. The predicted octanol–water partition coefficient (Wildman–Crippen LogP) is 3.80. The van der Waals surface area contributed by atoms with E-state index in [4.69, 9.17) is 5.11 Å². The minimum absolute atomic E-state index is 0.282. The maximum atomic E-state index is 10.8. The van der Waals surface area contributed by atoms with Crippen molar-refractivity contribution in [3.05, 3.63) is 53.6 Å². The summed E-state index contributed by atoms with van der Waals surface area (Å²) in [5.74, 6) is -0.609. The third-order valence-corrected chi connectivity index (χ3v) is 3.77. The number of phenolic OH excluding ortho intramolecular Hbond substituents is 1. The van der Waals surface area contributed by atoms with Crippen LogP contribution in [0, 0.1) is 0 Å². The second-order valence-electron chi connectivity index (χ2n) is 4.08. The number of aromatic carboxylic acids is 1. The van der Waals surface area contributed by atoms with Crippen molar-refractivity contribution in [1.29, 1.82) is 0 Å². The highest BCUT2D eigenvalue weighted by atomic mass is 32.2. The molecule has 0 radical (unpaired) electrons. The first-order valence-corrected chi connectivity index (χ1v) is 6.75. The normalized spacial score (nSPS) is 10.4. The second-order valence-corrected chi connectivity index (χ2v) is 5.22. The Labute approximate surface area is 115 Å². The average molecular weight is 274 g/mol. The van der Waals surface area contributed by atoms with Gasteiger partial charge in [-0.25, -0.2) is 4.79 Å². The van der Waals surface area contributed by atoms with Gasteiger partial charge in [-0.3, -0.25) is 0 Å². The Balaban J connectivity index is 2.19. The van der Waals surface area contributed by atoms with Crippen molar-refractivity contribution in [2.75, 3.05) is 0 Å². The Hall–Kier alpha value is -1.94. The van der Waals surface area contributed by atoms with Gasteiger partial charge in [-0.1, -0.05) is 18.7 Å².